The Morgan fingerprint density at radius 1 is 1.42 bits per heavy atom. The standard InChI is InChI=1S/C15H20N4/c1-3-16-9-13-10-17-11(2)8-15(13)19-7-6-14(18-19)12-4-5-12/h6-8,10,12,16H,3-5,9H2,1-2H3. The number of nitrogens with one attached hydrogen (secondary N) is 1. The molecule has 0 aliphatic heterocycles. The summed E-state index contributed by atoms with van der Waals surface area (Å²) in [6.07, 6.45) is 6.59. The van der Waals surface area contributed by atoms with Crippen molar-refractivity contribution in [3.8, 4) is 5.69 Å². The van der Waals surface area contributed by atoms with E-state index in [9.17, 15) is 0 Å². The van der Waals surface area contributed by atoms with Crippen molar-refractivity contribution in [3.63, 3.8) is 0 Å². The summed E-state index contributed by atoms with van der Waals surface area (Å²) < 4.78 is 2.00. The molecule has 19 heavy (non-hydrogen) atoms. The lowest BCUT2D eigenvalue weighted by atomic mass is 10.2. The van der Waals surface area contributed by atoms with Crippen molar-refractivity contribution < 1.29 is 0 Å². The number of aromatic nitrogens is 3. The van der Waals surface area contributed by atoms with Gasteiger partial charge in [-0.1, -0.05) is 6.92 Å². The minimum absolute atomic E-state index is 0.696. The Kier molecular flexibility index (Phi) is 3.34. The molecule has 4 nitrogen and oxygen atoms in total. The van der Waals surface area contributed by atoms with E-state index in [0.29, 0.717) is 5.92 Å². The number of pyridine rings is 1. The molecule has 0 saturated heterocycles. The number of aryl methyl sites for hydroxylation is 1. The van der Waals surface area contributed by atoms with Gasteiger partial charge in [0.15, 0.2) is 0 Å². The van der Waals surface area contributed by atoms with Gasteiger partial charge < -0.3 is 5.32 Å². The van der Waals surface area contributed by atoms with Gasteiger partial charge >= 0.3 is 0 Å². The van der Waals surface area contributed by atoms with Crippen molar-refractivity contribution in [2.45, 2.75) is 39.2 Å². The van der Waals surface area contributed by atoms with Gasteiger partial charge in [0.25, 0.3) is 0 Å². The molecule has 0 bridgehead atoms. The van der Waals surface area contributed by atoms with E-state index in [-0.39, 0.29) is 0 Å². The number of hydrogen-bond acceptors (Lipinski definition) is 3. The molecule has 1 fully saturated rings. The lowest BCUT2D eigenvalue weighted by Crippen LogP contribution is -2.14. The molecule has 1 aliphatic carbocycles. The third kappa shape index (κ3) is 2.68. The third-order valence-electron chi connectivity index (χ3n) is 3.52. The highest BCUT2D eigenvalue weighted by Crippen LogP contribution is 2.39. The molecule has 2 aromatic heterocycles. The maximum Gasteiger partial charge on any atom is 0.0724 e. The summed E-state index contributed by atoms with van der Waals surface area (Å²) in [4.78, 5) is 4.39. The number of nitrogens with zero attached hydrogens (tertiary/aromatic N) is 3. The third-order valence-corrected chi connectivity index (χ3v) is 3.52. The average molecular weight is 256 g/mol. The van der Waals surface area contributed by atoms with Gasteiger partial charge in [0.2, 0.25) is 0 Å². The SMILES string of the molecule is CCNCc1cnc(C)cc1-n1ccc(C2CC2)n1. The predicted molar refractivity (Wildman–Crippen MR) is 75.5 cm³/mol. The Labute approximate surface area is 113 Å². The highest BCUT2D eigenvalue weighted by atomic mass is 15.3. The van der Waals surface area contributed by atoms with Gasteiger partial charge in [-0.3, -0.25) is 4.98 Å². The van der Waals surface area contributed by atoms with Crippen LogP contribution in [-0.2, 0) is 6.54 Å². The predicted octanol–water partition coefficient (Wildman–Crippen LogP) is 2.56. The van der Waals surface area contributed by atoms with Crippen LogP contribution in [0, 0.1) is 6.92 Å². The topological polar surface area (TPSA) is 42.7 Å². The van der Waals surface area contributed by atoms with Gasteiger partial charge in [-0.15, -0.1) is 0 Å². The molecule has 3 rings (SSSR count). The molecule has 0 radical (unpaired) electrons. The van der Waals surface area contributed by atoms with E-state index in [2.05, 4.69) is 35.6 Å². The first-order chi connectivity index (χ1) is 9.28. The van der Waals surface area contributed by atoms with Crippen molar-refractivity contribution in [2.75, 3.05) is 6.54 Å². The summed E-state index contributed by atoms with van der Waals surface area (Å²) in [5, 5.41) is 8.07. The zero-order chi connectivity index (χ0) is 13.2. The average Bonchev–Trinajstić information content (AvgIpc) is 3.15. The highest BCUT2D eigenvalue weighted by Gasteiger charge is 2.26. The first-order valence-electron chi connectivity index (χ1n) is 7.00. The van der Waals surface area contributed by atoms with Gasteiger partial charge in [0.1, 0.15) is 0 Å². The summed E-state index contributed by atoms with van der Waals surface area (Å²) in [5.41, 5.74) is 4.58. The zero-order valence-electron chi connectivity index (χ0n) is 11.6. The lowest BCUT2D eigenvalue weighted by Gasteiger charge is -2.10. The van der Waals surface area contributed by atoms with E-state index < -0.39 is 0 Å². The van der Waals surface area contributed by atoms with Crippen molar-refractivity contribution in [3.05, 3.63) is 41.5 Å². The molecular weight excluding hydrogens is 236 g/mol. The first-order valence-corrected chi connectivity index (χ1v) is 7.00. The van der Waals surface area contributed by atoms with Gasteiger partial charge in [-0.25, -0.2) is 4.68 Å². The quantitative estimate of drug-likeness (QED) is 0.894. The van der Waals surface area contributed by atoms with Crippen LogP contribution in [0.3, 0.4) is 0 Å². The van der Waals surface area contributed by atoms with Crippen molar-refractivity contribution in [1.82, 2.24) is 20.1 Å². The minimum Gasteiger partial charge on any atom is -0.313 e. The molecule has 1 saturated carbocycles. The highest BCUT2D eigenvalue weighted by molar-refractivity contribution is 5.40. The molecular formula is C15H20N4. The van der Waals surface area contributed by atoms with Crippen LogP contribution in [0.25, 0.3) is 5.69 Å². The van der Waals surface area contributed by atoms with Gasteiger partial charge in [-0.05, 0) is 38.4 Å². The lowest BCUT2D eigenvalue weighted by molar-refractivity contribution is 0.711. The van der Waals surface area contributed by atoms with Crippen LogP contribution in [0.1, 0.15) is 42.6 Å². The molecule has 2 aromatic rings. The van der Waals surface area contributed by atoms with Gasteiger partial charge in [0, 0.05) is 36.1 Å². The molecule has 0 aromatic carbocycles. The Morgan fingerprint density at radius 3 is 3.00 bits per heavy atom. The maximum atomic E-state index is 4.71. The second-order valence-electron chi connectivity index (χ2n) is 5.19. The van der Waals surface area contributed by atoms with E-state index in [1.807, 2.05) is 17.8 Å². The minimum atomic E-state index is 0.696. The molecule has 100 valence electrons. The summed E-state index contributed by atoms with van der Waals surface area (Å²) in [6.45, 7) is 5.92. The van der Waals surface area contributed by atoms with Crippen LogP contribution in [0.4, 0.5) is 0 Å². The molecule has 1 aliphatic rings. The summed E-state index contributed by atoms with van der Waals surface area (Å²) in [6, 6.07) is 4.25. The van der Waals surface area contributed by atoms with Crippen molar-refractivity contribution in [1.29, 1.82) is 0 Å². The van der Waals surface area contributed by atoms with E-state index in [0.717, 1.165) is 24.5 Å². The molecule has 4 heteroatoms. The molecule has 0 unspecified atom stereocenters. The summed E-state index contributed by atoms with van der Waals surface area (Å²) in [5.74, 6) is 0.696. The second-order valence-corrected chi connectivity index (χ2v) is 5.19. The van der Waals surface area contributed by atoms with Crippen LogP contribution in [0.5, 0.6) is 0 Å². The second kappa shape index (κ2) is 5.13. The Bertz CT molecular complexity index is 569. The van der Waals surface area contributed by atoms with E-state index in [1.54, 1.807) is 0 Å². The van der Waals surface area contributed by atoms with Crippen LogP contribution in [0.2, 0.25) is 0 Å². The first kappa shape index (κ1) is 12.4. The van der Waals surface area contributed by atoms with Crippen molar-refractivity contribution in [2.24, 2.45) is 0 Å². The van der Waals surface area contributed by atoms with E-state index in [1.165, 1.54) is 24.1 Å². The molecule has 1 N–H and O–H groups in total. The van der Waals surface area contributed by atoms with Crippen LogP contribution < -0.4 is 5.32 Å². The largest absolute Gasteiger partial charge is 0.313 e. The zero-order valence-corrected chi connectivity index (χ0v) is 11.6. The molecule has 0 spiro atoms. The normalized spacial score (nSPS) is 14.8. The summed E-state index contributed by atoms with van der Waals surface area (Å²) in [7, 11) is 0. The fourth-order valence-electron chi connectivity index (χ4n) is 2.25. The molecule has 2 heterocycles. The van der Waals surface area contributed by atoms with Crippen LogP contribution in [-0.4, -0.2) is 21.3 Å². The fourth-order valence-corrected chi connectivity index (χ4v) is 2.25. The van der Waals surface area contributed by atoms with Crippen LogP contribution >= 0.6 is 0 Å². The van der Waals surface area contributed by atoms with Gasteiger partial charge in [-0.2, -0.15) is 5.10 Å². The van der Waals surface area contributed by atoms with E-state index in [4.69, 9.17) is 5.10 Å². The van der Waals surface area contributed by atoms with Crippen LogP contribution in [0.15, 0.2) is 24.5 Å². The molecule has 0 amide bonds. The maximum absolute atomic E-state index is 4.71. The Hall–Kier alpha value is -1.68. The smallest absolute Gasteiger partial charge is 0.0724 e. The Morgan fingerprint density at radius 2 is 2.26 bits per heavy atom. The summed E-state index contributed by atoms with van der Waals surface area (Å²) >= 11 is 0. The number of hydrogen-bond donors (Lipinski definition) is 1. The van der Waals surface area contributed by atoms with Gasteiger partial charge in [0.05, 0.1) is 11.4 Å². The Balaban J connectivity index is 1.93. The molecule has 0 atom stereocenters. The van der Waals surface area contributed by atoms with Crippen molar-refractivity contribution >= 4 is 0 Å². The van der Waals surface area contributed by atoms with E-state index >= 15 is 0 Å². The number of rotatable bonds is 5. The fraction of sp³-hybridized carbons (Fsp3) is 0.467. The monoisotopic (exact) mass is 256 g/mol.